The first-order valence-corrected chi connectivity index (χ1v) is 12.6. The minimum atomic E-state index is -3.44. The lowest BCUT2D eigenvalue weighted by molar-refractivity contribution is -0.185. The molecule has 0 bridgehead atoms. The second-order valence-corrected chi connectivity index (χ2v) is 9.66. The number of esters is 1. The van der Waals surface area contributed by atoms with E-state index < -0.39 is 81.6 Å². The Morgan fingerprint density at radius 2 is 1.92 bits per heavy atom. The lowest BCUT2D eigenvalue weighted by Crippen LogP contribution is -2.44. The fraction of sp³-hybridized carbons (Fsp3) is 0.500. The van der Waals surface area contributed by atoms with E-state index in [-0.39, 0.29) is 5.75 Å². The van der Waals surface area contributed by atoms with Crippen LogP contribution in [0, 0.1) is 0 Å². The number of hydroxylamine groups is 1. The van der Waals surface area contributed by atoms with E-state index in [1.54, 1.807) is 18.2 Å². The first-order chi connectivity index (χ1) is 18.0. The number of H-pyrrole nitrogens is 1. The van der Waals surface area contributed by atoms with E-state index in [4.69, 9.17) is 18.8 Å². The van der Waals surface area contributed by atoms with Crippen LogP contribution in [0.25, 0.3) is 0 Å². The van der Waals surface area contributed by atoms with Gasteiger partial charge in [0.1, 0.15) is 37.3 Å². The summed E-state index contributed by atoms with van der Waals surface area (Å²) in [7, 11) is -3.44. The van der Waals surface area contributed by atoms with Gasteiger partial charge in [-0.25, -0.2) is 18.0 Å². The van der Waals surface area contributed by atoms with Crippen LogP contribution in [0.5, 0.6) is 5.75 Å². The van der Waals surface area contributed by atoms with Gasteiger partial charge in [-0.1, -0.05) is 23.0 Å². The summed E-state index contributed by atoms with van der Waals surface area (Å²) in [5.41, 5.74) is -4.27. The number of hydrogen-bond donors (Lipinski definition) is 2. The van der Waals surface area contributed by atoms with Crippen LogP contribution in [0.15, 0.2) is 52.2 Å². The van der Waals surface area contributed by atoms with Crippen LogP contribution in [-0.2, 0) is 23.7 Å². The van der Waals surface area contributed by atoms with Crippen molar-refractivity contribution in [3.8, 4) is 5.75 Å². The number of carbonyl (C=O) groups excluding carboxylic acids is 1. The van der Waals surface area contributed by atoms with Gasteiger partial charge in [0.15, 0.2) is 18.0 Å². The van der Waals surface area contributed by atoms with Crippen LogP contribution >= 0.6 is 8.18 Å². The maximum atomic E-state index is 15.4. The summed E-state index contributed by atoms with van der Waals surface area (Å²) >= 11 is 0. The molecule has 1 aliphatic rings. The monoisotopic (exact) mass is 565 g/mol. The zero-order valence-corrected chi connectivity index (χ0v) is 21.3. The molecular weight excluding hydrogens is 538 g/mol. The highest BCUT2D eigenvalue weighted by atomic mass is 31.1. The number of halogens is 3. The van der Waals surface area contributed by atoms with Crippen LogP contribution in [0.3, 0.4) is 0 Å². The van der Waals surface area contributed by atoms with E-state index in [1.807, 2.05) is 4.98 Å². The molecule has 0 saturated carbocycles. The third-order valence-electron chi connectivity index (χ3n) is 5.65. The van der Waals surface area contributed by atoms with Gasteiger partial charge in [-0.15, -0.1) is 0 Å². The molecule has 3 rings (SSSR count). The third kappa shape index (κ3) is 6.72. The molecule has 1 aliphatic heterocycles. The molecule has 2 aromatic rings. The molecule has 38 heavy (non-hydrogen) atoms. The molecule has 2 heterocycles. The number of ether oxygens (including phenoxy) is 2. The van der Waals surface area contributed by atoms with E-state index in [2.05, 4.69) is 0 Å². The van der Waals surface area contributed by atoms with Crippen molar-refractivity contribution < 1.29 is 46.5 Å². The zero-order valence-electron chi connectivity index (χ0n) is 20.3. The van der Waals surface area contributed by atoms with Crippen molar-refractivity contribution in [2.24, 2.45) is 0 Å². The minimum absolute atomic E-state index is 0.141. The van der Waals surface area contributed by atoms with Crippen LogP contribution < -0.4 is 15.8 Å². The van der Waals surface area contributed by atoms with Crippen molar-refractivity contribution in [1.82, 2.24) is 14.4 Å². The van der Waals surface area contributed by atoms with E-state index in [0.717, 1.165) is 23.8 Å². The molecule has 1 aromatic heterocycles. The highest BCUT2D eigenvalue weighted by Gasteiger charge is 2.55. The Morgan fingerprint density at radius 1 is 1.26 bits per heavy atom. The van der Waals surface area contributed by atoms with Crippen LogP contribution in [0.2, 0.25) is 0 Å². The molecule has 12 nitrogen and oxygen atoms in total. The molecule has 210 valence electrons. The number of para-hydroxylation sites is 1. The quantitative estimate of drug-likeness (QED) is 0.220. The predicted octanol–water partition coefficient (Wildman–Crippen LogP) is 1.46. The average molecular weight is 565 g/mol. The lowest BCUT2D eigenvalue weighted by Gasteiger charge is -2.28. The number of aliphatic hydroxyl groups excluding tert-OH is 1. The molecule has 0 radical (unpaired) electrons. The number of aromatic amines is 1. The molecule has 0 aliphatic carbocycles. The molecule has 6 atom stereocenters. The van der Waals surface area contributed by atoms with Crippen molar-refractivity contribution in [2.75, 3.05) is 20.0 Å². The normalized spacial score (nSPS) is 24.9. The van der Waals surface area contributed by atoms with Gasteiger partial charge in [-0.3, -0.25) is 28.5 Å². The second-order valence-electron chi connectivity index (χ2n) is 8.49. The van der Waals surface area contributed by atoms with Gasteiger partial charge >= 0.3 is 19.8 Å². The number of aromatic nitrogens is 2. The summed E-state index contributed by atoms with van der Waals surface area (Å²) in [5.74, 6) is -1.05. The summed E-state index contributed by atoms with van der Waals surface area (Å²) in [6.45, 7) is -1.16. The predicted molar refractivity (Wildman–Crippen MR) is 126 cm³/mol. The minimum Gasteiger partial charge on any atom is -0.456 e. The maximum Gasteiger partial charge on any atom is 0.331 e. The molecule has 0 amide bonds. The Balaban J connectivity index is 1.80. The first kappa shape index (κ1) is 29.6. The maximum absolute atomic E-state index is 15.4. The van der Waals surface area contributed by atoms with Crippen LogP contribution in [0.4, 0.5) is 13.2 Å². The SMILES string of the molecule is CC(C(=O)OC(CF)CF)N(OC[C@H]1O[C@@H](n2ccc(=O)[nH]c2=O)[C@](C)(F)[C@@H]1O)[PH](=O)Oc1ccccc1. The summed E-state index contributed by atoms with van der Waals surface area (Å²) < 4.78 is 70.5. The molecule has 1 fully saturated rings. The van der Waals surface area contributed by atoms with Crippen molar-refractivity contribution in [3.05, 3.63) is 63.4 Å². The van der Waals surface area contributed by atoms with Crippen molar-refractivity contribution >= 4 is 14.1 Å². The topological polar surface area (TPSA) is 149 Å². The van der Waals surface area contributed by atoms with Crippen LogP contribution in [-0.4, -0.2) is 75.4 Å². The van der Waals surface area contributed by atoms with Gasteiger partial charge in [0, 0.05) is 12.3 Å². The Hall–Kier alpha value is -2.97. The number of carbonyl (C=O) groups is 1. The molecular formula is C22H27F3N3O9P. The Kier molecular flexibility index (Phi) is 9.90. The molecule has 16 heteroatoms. The number of aliphatic hydroxyl groups is 1. The smallest absolute Gasteiger partial charge is 0.331 e. The molecule has 2 N–H and O–H groups in total. The molecule has 2 unspecified atom stereocenters. The lowest BCUT2D eigenvalue weighted by atomic mass is 9.98. The van der Waals surface area contributed by atoms with Crippen molar-refractivity contribution in [3.63, 3.8) is 0 Å². The van der Waals surface area contributed by atoms with E-state index in [9.17, 15) is 32.8 Å². The van der Waals surface area contributed by atoms with Crippen molar-refractivity contribution in [1.29, 1.82) is 0 Å². The van der Waals surface area contributed by atoms with Gasteiger partial charge in [0.2, 0.25) is 0 Å². The highest BCUT2D eigenvalue weighted by Crippen LogP contribution is 2.41. The number of alkyl halides is 3. The van der Waals surface area contributed by atoms with Gasteiger partial charge in [0.25, 0.3) is 5.56 Å². The fourth-order valence-electron chi connectivity index (χ4n) is 3.54. The van der Waals surface area contributed by atoms with Crippen molar-refractivity contribution in [2.45, 2.75) is 50.1 Å². The summed E-state index contributed by atoms with van der Waals surface area (Å²) in [6.07, 6.45) is -5.72. The number of rotatable bonds is 12. The number of nitrogens with one attached hydrogen (secondary N) is 1. The second kappa shape index (κ2) is 12.7. The summed E-state index contributed by atoms with van der Waals surface area (Å²) in [6, 6.07) is 7.21. The van der Waals surface area contributed by atoms with Gasteiger partial charge in [0.05, 0.1) is 6.61 Å². The van der Waals surface area contributed by atoms with E-state index in [0.29, 0.717) is 4.83 Å². The van der Waals surface area contributed by atoms with Gasteiger partial charge in [-0.2, -0.15) is 0 Å². The number of nitrogens with zero attached hydrogens (tertiary/aromatic N) is 2. The third-order valence-corrected chi connectivity index (χ3v) is 6.93. The van der Waals surface area contributed by atoms with E-state index in [1.165, 1.54) is 19.1 Å². The standard InChI is InChI=1S/C22H27F3N3O9P/c1-13(19(31)35-15(10-23)11-24)28(38(33)37-14-6-4-3-5-7-14)34-12-16-18(30)22(2,25)20(36-16)27-9-8-17(29)26-21(27)32/h3-9,13,15-16,18,20,30,38H,10-12H2,1-2H3,(H,26,29,32)/t13?,16-,18-,20-,22-/m1/s1. The fourth-order valence-corrected chi connectivity index (χ4v) is 4.57. The Morgan fingerprint density at radius 3 is 2.53 bits per heavy atom. The van der Waals surface area contributed by atoms with Gasteiger partial charge < -0.3 is 19.1 Å². The Bertz CT molecular complexity index is 1230. The first-order valence-electron chi connectivity index (χ1n) is 11.3. The van der Waals surface area contributed by atoms with E-state index >= 15 is 4.39 Å². The molecule has 1 aromatic carbocycles. The largest absolute Gasteiger partial charge is 0.456 e. The number of benzene rings is 1. The Labute approximate surface area is 214 Å². The zero-order chi connectivity index (χ0) is 28.0. The number of hydrogen-bond acceptors (Lipinski definition) is 9. The van der Waals surface area contributed by atoms with Crippen LogP contribution in [0.1, 0.15) is 20.1 Å². The van der Waals surface area contributed by atoms with Gasteiger partial charge in [-0.05, 0) is 26.0 Å². The highest BCUT2D eigenvalue weighted by molar-refractivity contribution is 7.36. The molecule has 0 spiro atoms. The average Bonchev–Trinajstić information content (AvgIpc) is 3.11. The summed E-state index contributed by atoms with van der Waals surface area (Å²) in [4.78, 5) is 43.9. The molecule has 1 saturated heterocycles. The summed E-state index contributed by atoms with van der Waals surface area (Å²) in [5, 5.41) is 10.5.